The van der Waals surface area contributed by atoms with E-state index in [1.165, 1.54) is 30.5 Å². The third-order valence-corrected chi connectivity index (χ3v) is 2.94. The molecule has 0 aliphatic rings. The van der Waals surface area contributed by atoms with Gasteiger partial charge < -0.3 is 15.4 Å². The fourth-order valence-electron chi connectivity index (χ4n) is 1.82. The summed E-state index contributed by atoms with van der Waals surface area (Å²) in [6.07, 6.45) is 2.00. The van der Waals surface area contributed by atoms with Gasteiger partial charge in [-0.2, -0.15) is 0 Å². The Bertz CT molecular complexity index is 704. The first-order valence-electron chi connectivity index (χ1n) is 6.35. The number of H-pyrrole nitrogens is 1. The number of hydrogen-bond acceptors (Lipinski definition) is 3. The Morgan fingerprint density at radius 1 is 1.10 bits per heavy atom. The summed E-state index contributed by atoms with van der Waals surface area (Å²) in [5, 5.41) is 11.5. The maximum Gasteiger partial charge on any atom is 0.335 e. The van der Waals surface area contributed by atoms with Crippen LogP contribution in [0.25, 0.3) is 0 Å². The quantitative estimate of drug-likeness (QED) is 0.764. The molecule has 1 aromatic carbocycles. The maximum atomic E-state index is 11.8. The van der Waals surface area contributed by atoms with E-state index in [1.54, 1.807) is 12.1 Å². The highest BCUT2D eigenvalue weighted by Crippen LogP contribution is 2.05. The molecule has 0 fully saturated rings. The number of carboxylic acid groups (broad SMARTS) is 1. The van der Waals surface area contributed by atoms with E-state index in [0.29, 0.717) is 18.5 Å². The minimum absolute atomic E-state index is 0.228. The van der Waals surface area contributed by atoms with Crippen LogP contribution in [0.5, 0.6) is 0 Å². The standard InChI is InChI=1S/C15H14N2O4/c18-13-9-12(6-8-16-13)14(19)17-7-5-10-1-3-11(4-2-10)15(20)21/h1-4,6,8-9H,5,7H2,(H,16,18)(H,17,19)(H,20,21). The predicted octanol–water partition coefficient (Wildman–Crippen LogP) is 1.05. The number of benzene rings is 1. The third-order valence-electron chi connectivity index (χ3n) is 2.94. The Morgan fingerprint density at radius 2 is 1.81 bits per heavy atom. The molecule has 108 valence electrons. The van der Waals surface area contributed by atoms with E-state index < -0.39 is 5.97 Å². The number of aromatic amines is 1. The van der Waals surface area contributed by atoms with Crippen LogP contribution in [0, 0.1) is 0 Å². The number of aromatic carboxylic acids is 1. The van der Waals surface area contributed by atoms with Gasteiger partial charge in [0.15, 0.2) is 0 Å². The SMILES string of the molecule is O=C(O)c1ccc(CCNC(=O)c2cc[nH]c(=O)c2)cc1. The van der Waals surface area contributed by atoms with Crippen LogP contribution < -0.4 is 10.9 Å². The Labute approximate surface area is 120 Å². The first-order valence-corrected chi connectivity index (χ1v) is 6.35. The molecule has 0 saturated carbocycles. The maximum absolute atomic E-state index is 11.8. The van der Waals surface area contributed by atoms with Crippen LogP contribution in [0.1, 0.15) is 26.3 Å². The van der Waals surface area contributed by atoms with Gasteiger partial charge in [0.2, 0.25) is 5.56 Å². The largest absolute Gasteiger partial charge is 0.478 e. The van der Waals surface area contributed by atoms with Crippen molar-refractivity contribution in [1.29, 1.82) is 0 Å². The van der Waals surface area contributed by atoms with Crippen LogP contribution in [0.2, 0.25) is 0 Å². The van der Waals surface area contributed by atoms with Gasteiger partial charge in [-0.25, -0.2) is 4.79 Å². The molecule has 0 atom stereocenters. The van der Waals surface area contributed by atoms with Crippen molar-refractivity contribution in [3.63, 3.8) is 0 Å². The summed E-state index contributed by atoms with van der Waals surface area (Å²) in [5.41, 5.74) is 1.13. The van der Waals surface area contributed by atoms with E-state index in [1.807, 2.05) is 0 Å². The second-order valence-corrected chi connectivity index (χ2v) is 4.45. The van der Waals surface area contributed by atoms with Crippen LogP contribution >= 0.6 is 0 Å². The van der Waals surface area contributed by atoms with Crippen molar-refractivity contribution in [3.05, 3.63) is 69.6 Å². The molecule has 0 bridgehead atoms. The van der Waals surface area contributed by atoms with Crippen molar-refractivity contribution < 1.29 is 14.7 Å². The normalized spacial score (nSPS) is 10.1. The summed E-state index contributed by atoms with van der Waals surface area (Å²) < 4.78 is 0. The van der Waals surface area contributed by atoms with E-state index in [4.69, 9.17) is 5.11 Å². The second-order valence-electron chi connectivity index (χ2n) is 4.45. The Balaban J connectivity index is 1.88. The van der Waals surface area contributed by atoms with Crippen LogP contribution in [-0.4, -0.2) is 28.5 Å². The zero-order valence-electron chi connectivity index (χ0n) is 11.1. The number of aromatic nitrogens is 1. The molecule has 6 nitrogen and oxygen atoms in total. The van der Waals surface area contributed by atoms with Crippen molar-refractivity contribution >= 4 is 11.9 Å². The summed E-state index contributed by atoms with van der Waals surface area (Å²) in [6, 6.07) is 9.23. The van der Waals surface area contributed by atoms with Gasteiger partial charge in [-0.15, -0.1) is 0 Å². The number of pyridine rings is 1. The summed E-state index contributed by atoms with van der Waals surface area (Å²) >= 11 is 0. The molecule has 1 aromatic heterocycles. The smallest absolute Gasteiger partial charge is 0.335 e. The van der Waals surface area contributed by atoms with Crippen molar-refractivity contribution in [2.24, 2.45) is 0 Å². The first-order chi connectivity index (χ1) is 10.1. The fourth-order valence-corrected chi connectivity index (χ4v) is 1.82. The number of hydrogen-bond donors (Lipinski definition) is 3. The second kappa shape index (κ2) is 6.51. The van der Waals surface area contributed by atoms with Gasteiger partial charge in [-0.05, 0) is 30.2 Å². The lowest BCUT2D eigenvalue weighted by Crippen LogP contribution is -2.26. The van der Waals surface area contributed by atoms with E-state index >= 15 is 0 Å². The number of carbonyl (C=O) groups excluding carboxylic acids is 1. The molecule has 1 heterocycles. The monoisotopic (exact) mass is 286 g/mol. The minimum atomic E-state index is -0.968. The van der Waals surface area contributed by atoms with Crippen molar-refractivity contribution in [1.82, 2.24) is 10.3 Å². The Morgan fingerprint density at radius 3 is 2.43 bits per heavy atom. The zero-order chi connectivity index (χ0) is 15.2. The number of rotatable bonds is 5. The van der Waals surface area contributed by atoms with Crippen molar-refractivity contribution in [2.45, 2.75) is 6.42 Å². The molecule has 1 amide bonds. The van der Waals surface area contributed by atoms with Gasteiger partial charge in [0.05, 0.1) is 5.56 Å². The average Bonchev–Trinajstić information content (AvgIpc) is 2.47. The van der Waals surface area contributed by atoms with E-state index in [9.17, 15) is 14.4 Å². The molecule has 0 radical (unpaired) electrons. The van der Waals surface area contributed by atoms with Gasteiger partial charge in [-0.1, -0.05) is 12.1 Å². The van der Waals surface area contributed by atoms with E-state index in [-0.39, 0.29) is 17.0 Å². The third kappa shape index (κ3) is 4.04. The molecule has 2 rings (SSSR count). The summed E-state index contributed by atoms with van der Waals surface area (Å²) in [7, 11) is 0. The lowest BCUT2D eigenvalue weighted by atomic mass is 10.1. The first kappa shape index (κ1) is 14.5. The zero-order valence-corrected chi connectivity index (χ0v) is 11.1. The van der Waals surface area contributed by atoms with Crippen LogP contribution in [0.3, 0.4) is 0 Å². The predicted molar refractivity (Wildman–Crippen MR) is 76.5 cm³/mol. The average molecular weight is 286 g/mol. The molecule has 6 heteroatoms. The Hall–Kier alpha value is -2.89. The molecule has 0 saturated heterocycles. The summed E-state index contributed by atoms with van der Waals surface area (Å²) in [4.78, 5) is 36.0. The molecule has 0 aliphatic carbocycles. The number of amides is 1. The van der Waals surface area contributed by atoms with Gasteiger partial charge in [0.25, 0.3) is 5.91 Å². The summed E-state index contributed by atoms with van der Waals surface area (Å²) in [5.74, 6) is -1.28. The lowest BCUT2D eigenvalue weighted by Gasteiger charge is -2.05. The highest BCUT2D eigenvalue weighted by Gasteiger charge is 2.05. The van der Waals surface area contributed by atoms with Crippen LogP contribution in [-0.2, 0) is 6.42 Å². The number of nitrogens with one attached hydrogen (secondary N) is 2. The minimum Gasteiger partial charge on any atom is -0.478 e. The highest BCUT2D eigenvalue weighted by molar-refractivity contribution is 5.93. The van der Waals surface area contributed by atoms with Gasteiger partial charge in [-0.3, -0.25) is 9.59 Å². The Kier molecular flexibility index (Phi) is 4.50. The number of carbonyl (C=O) groups is 2. The summed E-state index contributed by atoms with van der Waals surface area (Å²) in [6.45, 7) is 0.401. The molecule has 2 aromatic rings. The number of carboxylic acids is 1. The lowest BCUT2D eigenvalue weighted by molar-refractivity contribution is 0.0696. The molecule has 3 N–H and O–H groups in total. The molecular weight excluding hydrogens is 272 g/mol. The van der Waals surface area contributed by atoms with Crippen molar-refractivity contribution in [2.75, 3.05) is 6.54 Å². The molecule has 0 unspecified atom stereocenters. The van der Waals surface area contributed by atoms with Crippen molar-refractivity contribution in [3.8, 4) is 0 Å². The topological polar surface area (TPSA) is 99.3 Å². The van der Waals surface area contributed by atoms with E-state index in [0.717, 1.165) is 5.56 Å². The highest BCUT2D eigenvalue weighted by atomic mass is 16.4. The van der Waals surface area contributed by atoms with Crippen LogP contribution in [0.4, 0.5) is 0 Å². The molecule has 0 aliphatic heterocycles. The fraction of sp³-hybridized carbons (Fsp3) is 0.133. The van der Waals surface area contributed by atoms with Crippen LogP contribution in [0.15, 0.2) is 47.4 Å². The molecule has 21 heavy (non-hydrogen) atoms. The van der Waals surface area contributed by atoms with E-state index in [2.05, 4.69) is 10.3 Å². The van der Waals surface area contributed by atoms with Gasteiger partial charge in [0, 0.05) is 24.4 Å². The van der Waals surface area contributed by atoms with Gasteiger partial charge >= 0.3 is 5.97 Å². The molecule has 0 spiro atoms. The van der Waals surface area contributed by atoms with Gasteiger partial charge in [0.1, 0.15) is 0 Å². The molecular formula is C15H14N2O4.